The third-order valence-electron chi connectivity index (χ3n) is 4.65. The van der Waals surface area contributed by atoms with E-state index in [9.17, 15) is 9.59 Å². The lowest BCUT2D eigenvalue weighted by atomic mass is 9.97. The molecule has 1 saturated heterocycles. The second-order valence-electron chi connectivity index (χ2n) is 5.84. The van der Waals surface area contributed by atoms with E-state index in [0.29, 0.717) is 12.8 Å². The summed E-state index contributed by atoms with van der Waals surface area (Å²) >= 11 is 0. The molecule has 2 aliphatic rings. The van der Waals surface area contributed by atoms with Crippen LogP contribution in [0.25, 0.3) is 0 Å². The van der Waals surface area contributed by atoms with Gasteiger partial charge >= 0.3 is 5.97 Å². The van der Waals surface area contributed by atoms with Crippen LogP contribution < -0.4 is 0 Å². The van der Waals surface area contributed by atoms with Gasteiger partial charge in [0, 0.05) is 6.42 Å². The van der Waals surface area contributed by atoms with Crippen LogP contribution >= 0.6 is 0 Å². The Morgan fingerprint density at radius 3 is 2.81 bits per heavy atom. The van der Waals surface area contributed by atoms with Crippen LogP contribution in [0.5, 0.6) is 0 Å². The van der Waals surface area contributed by atoms with Gasteiger partial charge in [-0.3, -0.25) is 4.79 Å². The molecule has 0 aromatic heterocycles. The highest BCUT2D eigenvalue weighted by atomic mass is 16.5. The molecule has 0 radical (unpaired) electrons. The highest BCUT2D eigenvalue weighted by Crippen LogP contribution is 2.38. The van der Waals surface area contributed by atoms with Crippen molar-refractivity contribution < 1.29 is 14.3 Å². The molecular formula is C17H21NO3. The molecule has 1 aromatic carbocycles. The van der Waals surface area contributed by atoms with E-state index < -0.39 is 6.04 Å². The summed E-state index contributed by atoms with van der Waals surface area (Å²) in [6.07, 6.45) is 5.21. The third-order valence-corrected chi connectivity index (χ3v) is 4.65. The van der Waals surface area contributed by atoms with E-state index in [-0.39, 0.29) is 17.9 Å². The lowest BCUT2D eigenvalue weighted by Gasteiger charge is -2.32. The topological polar surface area (TPSA) is 46.6 Å². The Kier molecular flexibility index (Phi) is 3.95. The van der Waals surface area contributed by atoms with E-state index in [1.54, 1.807) is 4.90 Å². The number of rotatable bonds is 2. The van der Waals surface area contributed by atoms with Crippen molar-refractivity contribution in [1.82, 2.24) is 4.90 Å². The lowest BCUT2D eigenvalue weighted by Crippen LogP contribution is -2.41. The third kappa shape index (κ3) is 2.55. The van der Waals surface area contributed by atoms with Crippen LogP contribution in [0.15, 0.2) is 24.3 Å². The maximum atomic E-state index is 12.3. The maximum absolute atomic E-state index is 12.3. The highest BCUT2D eigenvalue weighted by molar-refractivity contribution is 5.88. The molecule has 112 valence electrons. The van der Waals surface area contributed by atoms with E-state index in [1.807, 2.05) is 12.1 Å². The SMILES string of the molecule is COC(=O)C1CCC(=O)N1C1CCCCc2ccccc21. The molecule has 21 heavy (non-hydrogen) atoms. The summed E-state index contributed by atoms with van der Waals surface area (Å²) in [6.45, 7) is 0. The van der Waals surface area contributed by atoms with Gasteiger partial charge in [0.25, 0.3) is 0 Å². The van der Waals surface area contributed by atoms with Gasteiger partial charge in [-0.15, -0.1) is 0 Å². The first-order valence-electron chi connectivity index (χ1n) is 7.69. The van der Waals surface area contributed by atoms with Crippen molar-refractivity contribution in [1.29, 1.82) is 0 Å². The van der Waals surface area contributed by atoms with E-state index >= 15 is 0 Å². The van der Waals surface area contributed by atoms with Crippen molar-refractivity contribution in [2.45, 2.75) is 50.6 Å². The minimum Gasteiger partial charge on any atom is -0.467 e. The van der Waals surface area contributed by atoms with Crippen LogP contribution in [-0.2, 0) is 20.7 Å². The molecule has 3 rings (SSSR count). The van der Waals surface area contributed by atoms with Gasteiger partial charge in [0.2, 0.25) is 5.91 Å². The van der Waals surface area contributed by atoms with Gasteiger partial charge in [0.1, 0.15) is 6.04 Å². The quantitative estimate of drug-likeness (QED) is 0.620. The van der Waals surface area contributed by atoms with Crippen molar-refractivity contribution in [2.75, 3.05) is 7.11 Å². The van der Waals surface area contributed by atoms with Gasteiger partial charge in [-0.2, -0.15) is 0 Å². The largest absolute Gasteiger partial charge is 0.467 e. The Bertz CT molecular complexity index is 555. The summed E-state index contributed by atoms with van der Waals surface area (Å²) in [4.78, 5) is 26.1. The maximum Gasteiger partial charge on any atom is 0.328 e. The van der Waals surface area contributed by atoms with Gasteiger partial charge in [-0.1, -0.05) is 30.7 Å². The Labute approximate surface area is 125 Å². The average Bonchev–Trinajstić information content (AvgIpc) is 2.77. The summed E-state index contributed by atoms with van der Waals surface area (Å²) in [6, 6.07) is 7.91. The molecular weight excluding hydrogens is 266 g/mol. The number of amides is 1. The molecule has 2 unspecified atom stereocenters. The van der Waals surface area contributed by atoms with E-state index in [4.69, 9.17) is 4.74 Å². The zero-order chi connectivity index (χ0) is 14.8. The molecule has 0 bridgehead atoms. The molecule has 1 aliphatic heterocycles. The van der Waals surface area contributed by atoms with E-state index in [2.05, 4.69) is 12.1 Å². The van der Waals surface area contributed by atoms with Crippen molar-refractivity contribution in [2.24, 2.45) is 0 Å². The van der Waals surface area contributed by atoms with Gasteiger partial charge in [-0.25, -0.2) is 4.79 Å². The molecule has 1 fully saturated rings. The van der Waals surface area contributed by atoms with Gasteiger partial charge in [0.15, 0.2) is 0 Å². The number of carbonyl (C=O) groups excluding carboxylic acids is 2. The standard InChI is InChI=1S/C17H21NO3/c1-21-17(20)15-10-11-16(19)18(15)14-9-5-3-7-12-6-2-4-8-13(12)14/h2,4,6,8,14-15H,3,5,7,9-11H2,1H3. The molecule has 0 spiro atoms. The normalized spacial score (nSPS) is 25.4. The van der Waals surface area contributed by atoms with Crippen LogP contribution in [0, 0.1) is 0 Å². The van der Waals surface area contributed by atoms with Crippen LogP contribution in [-0.4, -0.2) is 29.9 Å². The Balaban J connectivity index is 1.97. The number of nitrogens with zero attached hydrogens (tertiary/aromatic N) is 1. The number of methoxy groups -OCH3 is 1. The minimum atomic E-state index is -0.418. The molecule has 4 heteroatoms. The second-order valence-corrected chi connectivity index (χ2v) is 5.84. The number of hydrogen-bond donors (Lipinski definition) is 0. The molecule has 4 nitrogen and oxygen atoms in total. The number of ether oxygens (including phenoxy) is 1. The second kappa shape index (κ2) is 5.88. The van der Waals surface area contributed by atoms with Gasteiger partial charge in [0.05, 0.1) is 13.2 Å². The molecule has 0 N–H and O–H groups in total. The Morgan fingerprint density at radius 1 is 1.19 bits per heavy atom. The van der Waals surface area contributed by atoms with Gasteiger partial charge in [-0.05, 0) is 36.8 Å². The van der Waals surface area contributed by atoms with Crippen LogP contribution in [0.1, 0.15) is 49.3 Å². The smallest absolute Gasteiger partial charge is 0.328 e. The lowest BCUT2D eigenvalue weighted by molar-refractivity contribution is -0.151. The summed E-state index contributed by atoms with van der Waals surface area (Å²) in [5, 5.41) is 0. The van der Waals surface area contributed by atoms with Crippen LogP contribution in [0.3, 0.4) is 0 Å². The first-order chi connectivity index (χ1) is 10.2. The first-order valence-corrected chi connectivity index (χ1v) is 7.69. The van der Waals surface area contributed by atoms with Crippen molar-refractivity contribution in [3.8, 4) is 0 Å². The minimum absolute atomic E-state index is 0.0165. The van der Waals surface area contributed by atoms with E-state index in [0.717, 1.165) is 25.7 Å². The highest BCUT2D eigenvalue weighted by Gasteiger charge is 2.42. The molecule has 1 aromatic rings. The van der Waals surface area contributed by atoms with Crippen molar-refractivity contribution >= 4 is 11.9 Å². The van der Waals surface area contributed by atoms with Crippen molar-refractivity contribution in [3.63, 3.8) is 0 Å². The van der Waals surface area contributed by atoms with Gasteiger partial charge < -0.3 is 9.64 Å². The first kappa shape index (κ1) is 14.1. The molecule has 2 atom stereocenters. The number of fused-ring (bicyclic) bond motifs is 1. The fourth-order valence-electron chi connectivity index (χ4n) is 3.65. The summed E-state index contributed by atoms with van der Waals surface area (Å²) in [7, 11) is 1.39. The molecule has 0 saturated carbocycles. The zero-order valence-electron chi connectivity index (χ0n) is 12.4. The van der Waals surface area contributed by atoms with E-state index in [1.165, 1.54) is 18.2 Å². The average molecular weight is 287 g/mol. The molecule has 1 amide bonds. The summed E-state index contributed by atoms with van der Waals surface area (Å²) < 4.78 is 4.89. The molecule has 1 heterocycles. The summed E-state index contributed by atoms with van der Waals surface area (Å²) in [5.74, 6) is -0.213. The van der Waals surface area contributed by atoms with Crippen LogP contribution in [0.4, 0.5) is 0 Å². The fraction of sp³-hybridized carbons (Fsp3) is 0.529. The number of likely N-dealkylation sites (tertiary alicyclic amines) is 1. The monoisotopic (exact) mass is 287 g/mol. The van der Waals surface area contributed by atoms with Crippen molar-refractivity contribution in [3.05, 3.63) is 35.4 Å². The number of benzene rings is 1. The Morgan fingerprint density at radius 2 is 2.00 bits per heavy atom. The number of hydrogen-bond acceptors (Lipinski definition) is 3. The van der Waals surface area contributed by atoms with Crippen LogP contribution in [0.2, 0.25) is 0 Å². The molecule has 1 aliphatic carbocycles. The predicted octanol–water partition coefficient (Wildman–Crippen LogP) is 2.62. The summed E-state index contributed by atoms with van der Waals surface area (Å²) in [5.41, 5.74) is 2.52. The number of esters is 1. The Hall–Kier alpha value is -1.84. The predicted molar refractivity (Wildman–Crippen MR) is 78.6 cm³/mol. The fourth-order valence-corrected chi connectivity index (χ4v) is 3.65. The zero-order valence-corrected chi connectivity index (χ0v) is 12.4. The number of carbonyl (C=O) groups is 2. The number of aryl methyl sites for hydroxylation is 1.